The van der Waals surface area contributed by atoms with Gasteiger partial charge in [-0.05, 0) is 30.7 Å². The van der Waals surface area contributed by atoms with Gasteiger partial charge in [0.25, 0.3) is 5.91 Å². The summed E-state index contributed by atoms with van der Waals surface area (Å²) in [5.41, 5.74) is 4.52. The third-order valence-electron chi connectivity index (χ3n) is 3.36. The zero-order valence-electron chi connectivity index (χ0n) is 13.6. The number of aromatic hydroxyl groups is 1. The molecule has 5 heteroatoms. The first-order valence-corrected chi connectivity index (χ1v) is 7.49. The van der Waals surface area contributed by atoms with Gasteiger partial charge in [0.05, 0.1) is 5.71 Å². The number of hydrogen-bond acceptors (Lipinski definition) is 4. The lowest BCUT2D eigenvalue weighted by Gasteiger charge is -2.13. The van der Waals surface area contributed by atoms with E-state index in [4.69, 9.17) is 4.74 Å². The monoisotopic (exact) mass is 324 g/mol. The van der Waals surface area contributed by atoms with Gasteiger partial charge in [-0.2, -0.15) is 5.10 Å². The van der Waals surface area contributed by atoms with Gasteiger partial charge in [-0.15, -0.1) is 0 Å². The number of hydrazone groups is 1. The van der Waals surface area contributed by atoms with Crippen molar-refractivity contribution in [1.82, 2.24) is 5.43 Å². The Hall–Kier alpha value is -2.92. The SMILES string of the molecule is COC(C(=O)NN=C(C)C=Cc1ccccc1O)c1ccccc1. The number of benzene rings is 2. The number of para-hydroxylation sites is 1. The van der Waals surface area contributed by atoms with Gasteiger partial charge < -0.3 is 9.84 Å². The summed E-state index contributed by atoms with van der Waals surface area (Å²) in [5.74, 6) is -0.159. The van der Waals surface area contributed by atoms with E-state index in [-0.39, 0.29) is 11.7 Å². The van der Waals surface area contributed by atoms with Crippen LogP contribution in [0.4, 0.5) is 0 Å². The number of carbonyl (C=O) groups excluding carboxylic acids is 1. The Labute approximate surface area is 141 Å². The van der Waals surface area contributed by atoms with Crippen LogP contribution >= 0.6 is 0 Å². The Morgan fingerprint density at radius 2 is 1.83 bits per heavy atom. The van der Waals surface area contributed by atoms with Gasteiger partial charge in [-0.1, -0.05) is 48.5 Å². The van der Waals surface area contributed by atoms with Crippen LogP contribution in [-0.4, -0.2) is 23.8 Å². The van der Waals surface area contributed by atoms with E-state index in [1.165, 1.54) is 7.11 Å². The number of nitrogens with zero attached hydrogens (tertiary/aromatic N) is 1. The van der Waals surface area contributed by atoms with Crippen molar-refractivity contribution < 1.29 is 14.6 Å². The Balaban J connectivity index is 2.01. The fourth-order valence-corrected chi connectivity index (χ4v) is 2.10. The molecule has 2 aromatic rings. The van der Waals surface area contributed by atoms with E-state index in [0.717, 1.165) is 5.56 Å². The Bertz CT molecular complexity index is 739. The van der Waals surface area contributed by atoms with Crippen LogP contribution in [0.25, 0.3) is 6.08 Å². The highest BCUT2D eigenvalue weighted by Gasteiger charge is 2.19. The molecule has 0 aliphatic heterocycles. The van der Waals surface area contributed by atoms with E-state index < -0.39 is 6.10 Å². The number of allylic oxidation sites excluding steroid dienone is 1. The summed E-state index contributed by atoms with van der Waals surface area (Å²) >= 11 is 0. The Morgan fingerprint density at radius 3 is 2.50 bits per heavy atom. The van der Waals surface area contributed by atoms with Gasteiger partial charge in [-0.25, -0.2) is 5.43 Å². The molecule has 24 heavy (non-hydrogen) atoms. The molecule has 0 saturated heterocycles. The summed E-state index contributed by atoms with van der Waals surface area (Å²) in [6.45, 7) is 1.75. The molecule has 124 valence electrons. The number of methoxy groups -OCH3 is 1. The van der Waals surface area contributed by atoms with Crippen LogP contribution in [0.2, 0.25) is 0 Å². The average Bonchev–Trinajstić information content (AvgIpc) is 2.61. The molecule has 0 spiro atoms. The minimum Gasteiger partial charge on any atom is -0.507 e. The third-order valence-corrected chi connectivity index (χ3v) is 3.36. The highest BCUT2D eigenvalue weighted by atomic mass is 16.5. The van der Waals surface area contributed by atoms with Gasteiger partial charge in [0, 0.05) is 12.7 Å². The largest absolute Gasteiger partial charge is 0.507 e. The molecule has 5 nitrogen and oxygen atoms in total. The van der Waals surface area contributed by atoms with Crippen molar-refractivity contribution in [2.75, 3.05) is 7.11 Å². The number of nitrogens with one attached hydrogen (secondary N) is 1. The summed E-state index contributed by atoms with van der Waals surface area (Å²) in [6, 6.07) is 16.2. The van der Waals surface area contributed by atoms with E-state index in [1.54, 1.807) is 37.3 Å². The lowest BCUT2D eigenvalue weighted by Crippen LogP contribution is -2.27. The number of ether oxygens (including phenoxy) is 1. The maximum absolute atomic E-state index is 12.2. The summed E-state index contributed by atoms with van der Waals surface area (Å²) in [5, 5.41) is 13.7. The molecule has 0 saturated carbocycles. The molecule has 2 rings (SSSR count). The first-order chi connectivity index (χ1) is 11.6. The average molecular weight is 324 g/mol. The number of hydrogen-bond donors (Lipinski definition) is 2. The van der Waals surface area contributed by atoms with E-state index >= 15 is 0 Å². The van der Waals surface area contributed by atoms with E-state index in [1.807, 2.05) is 36.4 Å². The molecule has 1 amide bonds. The number of phenolic OH excluding ortho intramolecular Hbond substituents is 1. The molecule has 0 heterocycles. The van der Waals surface area contributed by atoms with Crippen molar-refractivity contribution in [2.24, 2.45) is 5.10 Å². The van der Waals surface area contributed by atoms with Crippen LogP contribution in [0, 0.1) is 0 Å². The molecule has 1 atom stereocenters. The minimum absolute atomic E-state index is 0.189. The first kappa shape index (κ1) is 17.4. The molecule has 0 fully saturated rings. The topological polar surface area (TPSA) is 70.9 Å². The van der Waals surface area contributed by atoms with Crippen LogP contribution in [0.1, 0.15) is 24.2 Å². The molecule has 2 aromatic carbocycles. The Kier molecular flexibility index (Phi) is 6.28. The second kappa shape index (κ2) is 8.64. The van der Waals surface area contributed by atoms with Crippen LogP contribution in [0.3, 0.4) is 0 Å². The predicted molar refractivity (Wildman–Crippen MR) is 94.6 cm³/mol. The fourth-order valence-electron chi connectivity index (χ4n) is 2.10. The van der Waals surface area contributed by atoms with E-state index in [2.05, 4.69) is 10.5 Å². The van der Waals surface area contributed by atoms with Gasteiger partial charge in [0.15, 0.2) is 6.10 Å². The van der Waals surface area contributed by atoms with Gasteiger partial charge in [-0.3, -0.25) is 4.79 Å². The highest BCUT2D eigenvalue weighted by molar-refractivity contribution is 5.97. The van der Waals surface area contributed by atoms with Crippen molar-refractivity contribution in [1.29, 1.82) is 0 Å². The molecule has 0 radical (unpaired) electrons. The smallest absolute Gasteiger partial charge is 0.273 e. The predicted octanol–water partition coefficient (Wildman–Crippen LogP) is 3.29. The van der Waals surface area contributed by atoms with Crippen LogP contribution < -0.4 is 5.43 Å². The standard InChI is InChI=1S/C19H20N2O3/c1-14(12-13-15-8-6-7-11-17(15)22)20-21-19(23)18(24-2)16-9-4-3-5-10-16/h3-13,18,22H,1-2H3,(H,21,23). The molecule has 1 unspecified atom stereocenters. The summed E-state index contributed by atoms with van der Waals surface area (Å²) in [6.07, 6.45) is 2.72. The summed E-state index contributed by atoms with van der Waals surface area (Å²) < 4.78 is 5.24. The zero-order valence-corrected chi connectivity index (χ0v) is 13.6. The van der Waals surface area contributed by atoms with Gasteiger partial charge in [0.1, 0.15) is 5.75 Å². The summed E-state index contributed by atoms with van der Waals surface area (Å²) in [7, 11) is 1.48. The van der Waals surface area contributed by atoms with Gasteiger partial charge >= 0.3 is 0 Å². The normalized spacial score (nSPS) is 13.0. The van der Waals surface area contributed by atoms with Crippen molar-refractivity contribution >= 4 is 17.7 Å². The Morgan fingerprint density at radius 1 is 1.17 bits per heavy atom. The molecule has 0 aromatic heterocycles. The number of amides is 1. The number of rotatable bonds is 6. The fraction of sp³-hybridized carbons (Fsp3) is 0.158. The number of phenols is 1. The van der Waals surface area contributed by atoms with Crippen LogP contribution in [0.15, 0.2) is 65.8 Å². The number of carbonyl (C=O) groups is 1. The molecular weight excluding hydrogens is 304 g/mol. The highest BCUT2D eigenvalue weighted by Crippen LogP contribution is 2.17. The van der Waals surface area contributed by atoms with Crippen molar-refractivity contribution in [3.8, 4) is 5.75 Å². The molecular formula is C19H20N2O3. The molecule has 0 aliphatic rings. The van der Waals surface area contributed by atoms with Crippen molar-refractivity contribution in [3.05, 3.63) is 71.8 Å². The molecule has 2 N–H and O–H groups in total. The molecule has 0 aliphatic carbocycles. The summed E-state index contributed by atoms with van der Waals surface area (Å²) in [4.78, 5) is 12.2. The van der Waals surface area contributed by atoms with Crippen molar-refractivity contribution in [3.63, 3.8) is 0 Å². The van der Waals surface area contributed by atoms with Crippen molar-refractivity contribution in [2.45, 2.75) is 13.0 Å². The third kappa shape index (κ3) is 4.79. The van der Waals surface area contributed by atoms with Crippen LogP contribution in [0.5, 0.6) is 5.75 Å². The second-order valence-corrected chi connectivity index (χ2v) is 5.15. The maximum atomic E-state index is 12.2. The van der Waals surface area contributed by atoms with E-state index in [0.29, 0.717) is 11.3 Å². The lowest BCUT2D eigenvalue weighted by molar-refractivity contribution is -0.131. The second-order valence-electron chi connectivity index (χ2n) is 5.15. The first-order valence-electron chi connectivity index (χ1n) is 7.49. The quantitative estimate of drug-likeness (QED) is 0.633. The minimum atomic E-state index is -0.718. The lowest BCUT2D eigenvalue weighted by atomic mass is 10.1. The van der Waals surface area contributed by atoms with E-state index in [9.17, 15) is 9.90 Å². The van der Waals surface area contributed by atoms with Gasteiger partial charge in [0.2, 0.25) is 0 Å². The maximum Gasteiger partial charge on any atom is 0.273 e. The van der Waals surface area contributed by atoms with Crippen LogP contribution in [-0.2, 0) is 9.53 Å². The molecule has 0 bridgehead atoms. The zero-order chi connectivity index (χ0) is 17.4.